The zero-order valence-electron chi connectivity index (χ0n) is 10.6. The number of likely N-dealkylation sites (N-methyl/N-ethyl adjacent to an activating group) is 1. The first-order chi connectivity index (χ1) is 8.71. The van der Waals surface area contributed by atoms with Gasteiger partial charge >= 0.3 is 12.1 Å². The molecule has 4 nitrogen and oxygen atoms in total. The number of nitrogens with zero attached hydrogens (tertiary/aromatic N) is 1. The molecule has 0 aliphatic carbocycles. The Balaban J connectivity index is 2.94. The van der Waals surface area contributed by atoms with Crippen LogP contribution in [0.4, 0.5) is 18.9 Å². The normalized spacial score (nSPS) is 11.7. The van der Waals surface area contributed by atoms with E-state index in [9.17, 15) is 18.0 Å². The van der Waals surface area contributed by atoms with Crippen LogP contribution in [0.25, 0.3) is 0 Å². The Bertz CT molecular complexity index is 459. The van der Waals surface area contributed by atoms with Crippen LogP contribution in [0.5, 0.6) is 0 Å². The molecule has 0 aromatic heterocycles. The highest BCUT2D eigenvalue weighted by Gasteiger charge is 2.35. The number of carboxylic acids is 1. The molecule has 19 heavy (non-hydrogen) atoms. The largest absolute Gasteiger partial charge is 0.478 e. The van der Waals surface area contributed by atoms with Gasteiger partial charge in [0.05, 0.1) is 11.1 Å². The minimum absolute atomic E-state index is 0.354. The molecule has 0 heterocycles. The Morgan fingerprint density at radius 2 is 2.00 bits per heavy atom. The van der Waals surface area contributed by atoms with Crippen molar-refractivity contribution in [2.75, 3.05) is 32.5 Å². The van der Waals surface area contributed by atoms with Crippen molar-refractivity contribution >= 4 is 11.7 Å². The summed E-state index contributed by atoms with van der Waals surface area (Å²) in [5, 5.41) is 11.7. The number of rotatable bonds is 5. The van der Waals surface area contributed by atoms with Crippen LogP contribution < -0.4 is 5.32 Å². The molecule has 0 saturated heterocycles. The number of anilines is 1. The second-order valence-corrected chi connectivity index (χ2v) is 4.29. The lowest BCUT2D eigenvalue weighted by molar-refractivity contribution is -0.138. The van der Waals surface area contributed by atoms with E-state index in [1.54, 1.807) is 0 Å². The van der Waals surface area contributed by atoms with E-state index in [1.807, 2.05) is 19.0 Å². The minimum atomic E-state index is -4.67. The van der Waals surface area contributed by atoms with E-state index in [4.69, 9.17) is 5.11 Å². The number of hydrogen-bond donors (Lipinski definition) is 2. The van der Waals surface area contributed by atoms with E-state index in [2.05, 4.69) is 5.32 Å². The average molecular weight is 276 g/mol. The van der Waals surface area contributed by atoms with E-state index < -0.39 is 23.3 Å². The molecule has 0 aliphatic rings. The van der Waals surface area contributed by atoms with Crippen molar-refractivity contribution in [2.24, 2.45) is 0 Å². The fourth-order valence-electron chi connectivity index (χ4n) is 1.50. The Hall–Kier alpha value is -1.76. The van der Waals surface area contributed by atoms with Gasteiger partial charge in [-0.1, -0.05) is 0 Å². The average Bonchev–Trinajstić information content (AvgIpc) is 2.26. The molecule has 1 aromatic carbocycles. The number of halogens is 3. The summed E-state index contributed by atoms with van der Waals surface area (Å²) in [6.45, 7) is 1.20. The van der Waals surface area contributed by atoms with Crippen molar-refractivity contribution in [2.45, 2.75) is 6.18 Å². The second kappa shape index (κ2) is 5.92. The number of alkyl halides is 3. The summed E-state index contributed by atoms with van der Waals surface area (Å²) >= 11 is 0. The lowest BCUT2D eigenvalue weighted by Crippen LogP contribution is -2.21. The topological polar surface area (TPSA) is 52.6 Å². The molecular weight excluding hydrogens is 261 g/mol. The van der Waals surface area contributed by atoms with E-state index in [1.165, 1.54) is 6.07 Å². The van der Waals surface area contributed by atoms with Crippen LogP contribution in [-0.4, -0.2) is 43.2 Å². The molecule has 0 unspecified atom stereocenters. The maximum atomic E-state index is 12.6. The molecule has 1 rings (SSSR count). The van der Waals surface area contributed by atoms with Gasteiger partial charge < -0.3 is 15.3 Å². The third-order valence-electron chi connectivity index (χ3n) is 2.44. The first-order valence-corrected chi connectivity index (χ1v) is 5.55. The Kier molecular flexibility index (Phi) is 4.77. The maximum Gasteiger partial charge on any atom is 0.417 e. The van der Waals surface area contributed by atoms with E-state index in [-0.39, 0.29) is 0 Å². The molecule has 0 radical (unpaired) electrons. The van der Waals surface area contributed by atoms with Gasteiger partial charge in [0, 0.05) is 18.8 Å². The number of hydrogen-bond acceptors (Lipinski definition) is 3. The fraction of sp³-hybridized carbons (Fsp3) is 0.417. The quantitative estimate of drug-likeness (QED) is 0.867. The van der Waals surface area contributed by atoms with E-state index in [0.717, 1.165) is 12.1 Å². The van der Waals surface area contributed by atoms with Crippen molar-refractivity contribution in [1.82, 2.24) is 4.90 Å². The molecule has 0 bridgehead atoms. The zero-order chi connectivity index (χ0) is 14.6. The fourth-order valence-corrected chi connectivity index (χ4v) is 1.50. The van der Waals surface area contributed by atoms with Crippen LogP contribution in [0.15, 0.2) is 18.2 Å². The van der Waals surface area contributed by atoms with Crippen molar-refractivity contribution in [1.29, 1.82) is 0 Å². The van der Waals surface area contributed by atoms with Crippen LogP contribution in [0.2, 0.25) is 0 Å². The molecule has 0 amide bonds. The smallest absolute Gasteiger partial charge is 0.417 e. The van der Waals surface area contributed by atoms with Crippen LogP contribution in [0.1, 0.15) is 15.9 Å². The molecule has 0 spiro atoms. The van der Waals surface area contributed by atoms with Gasteiger partial charge in [-0.05, 0) is 32.3 Å². The predicted octanol–water partition coefficient (Wildman–Crippen LogP) is 2.38. The lowest BCUT2D eigenvalue weighted by atomic mass is 10.1. The molecule has 1 aromatic rings. The Labute approximate surface area is 108 Å². The molecule has 106 valence electrons. The van der Waals surface area contributed by atoms with Crippen LogP contribution in [0.3, 0.4) is 0 Å². The SMILES string of the molecule is CN(C)CCNc1ccc(C(F)(F)F)c(C(=O)O)c1. The summed E-state index contributed by atoms with van der Waals surface area (Å²) in [6, 6.07) is 3.01. The van der Waals surface area contributed by atoms with Gasteiger partial charge in [0.15, 0.2) is 0 Å². The van der Waals surface area contributed by atoms with Crippen molar-refractivity contribution in [3.8, 4) is 0 Å². The number of benzene rings is 1. The molecule has 0 saturated carbocycles. The summed E-state index contributed by atoms with van der Waals surface area (Å²) in [4.78, 5) is 12.8. The summed E-state index contributed by atoms with van der Waals surface area (Å²) < 4.78 is 37.8. The third-order valence-corrected chi connectivity index (χ3v) is 2.44. The molecule has 0 fully saturated rings. The zero-order valence-corrected chi connectivity index (χ0v) is 10.6. The van der Waals surface area contributed by atoms with Crippen LogP contribution >= 0.6 is 0 Å². The first-order valence-electron chi connectivity index (χ1n) is 5.55. The van der Waals surface area contributed by atoms with Gasteiger partial charge in [0.1, 0.15) is 0 Å². The molecule has 7 heteroatoms. The molecule has 0 atom stereocenters. The van der Waals surface area contributed by atoms with Gasteiger partial charge in [0.25, 0.3) is 0 Å². The van der Waals surface area contributed by atoms with Gasteiger partial charge in [0.2, 0.25) is 0 Å². The van der Waals surface area contributed by atoms with Gasteiger partial charge in [-0.2, -0.15) is 13.2 Å². The second-order valence-electron chi connectivity index (χ2n) is 4.29. The number of carbonyl (C=O) groups is 1. The van der Waals surface area contributed by atoms with E-state index >= 15 is 0 Å². The van der Waals surface area contributed by atoms with Gasteiger partial charge in [-0.25, -0.2) is 4.79 Å². The highest BCUT2D eigenvalue weighted by molar-refractivity contribution is 5.91. The lowest BCUT2D eigenvalue weighted by Gasteiger charge is -2.14. The minimum Gasteiger partial charge on any atom is -0.478 e. The van der Waals surface area contributed by atoms with Gasteiger partial charge in [-0.15, -0.1) is 0 Å². The Morgan fingerprint density at radius 1 is 1.37 bits per heavy atom. The highest BCUT2D eigenvalue weighted by Crippen LogP contribution is 2.33. The van der Waals surface area contributed by atoms with Gasteiger partial charge in [-0.3, -0.25) is 0 Å². The Morgan fingerprint density at radius 3 is 2.47 bits per heavy atom. The van der Waals surface area contributed by atoms with E-state index in [0.29, 0.717) is 18.8 Å². The summed E-state index contributed by atoms with van der Waals surface area (Å²) in [6.07, 6.45) is -4.67. The maximum absolute atomic E-state index is 12.6. The number of carboxylic acid groups (broad SMARTS) is 1. The van der Waals surface area contributed by atoms with Crippen molar-refractivity contribution < 1.29 is 23.1 Å². The first kappa shape index (κ1) is 15.3. The number of nitrogens with one attached hydrogen (secondary N) is 1. The van der Waals surface area contributed by atoms with Crippen LogP contribution in [0, 0.1) is 0 Å². The van der Waals surface area contributed by atoms with Crippen molar-refractivity contribution in [3.05, 3.63) is 29.3 Å². The van der Waals surface area contributed by atoms with Crippen LogP contribution in [-0.2, 0) is 6.18 Å². The molecular formula is C12H15F3N2O2. The highest BCUT2D eigenvalue weighted by atomic mass is 19.4. The third kappa shape index (κ3) is 4.44. The predicted molar refractivity (Wildman–Crippen MR) is 65.4 cm³/mol. The summed E-state index contributed by atoms with van der Waals surface area (Å²) in [7, 11) is 3.72. The monoisotopic (exact) mass is 276 g/mol. The molecule has 0 aliphatic heterocycles. The number of aromatic carboxylic acids is 1. The van der Waals surface area contributed by atoms with Crippen molar-refractivity contribution in [3.63, 3.8) is 0 Å². The standard InChI is InChI=1S/C12H15F3N2O2/c1-17(2)6-5-16-8-3-4-10(12(13,14)15)9(7-8)11(18)19/h3-4,7,16H,5-6H2,1-2H3,(H,18,19). The summed E-state index contributed by atoms with van der Waals surface area (Å²) in [5.41, 5.74) is -1.53. The summed E-state index contributed by atoms with van der Waals surface area (Å²) in [5.74, 6) is -1.59. The molecule has 2 N–H and O–H groups in total.